The number of nitrogens with zero attached hydrogens (tertiary/aromatic N) is 1. The molecule has 0 aliphatic rings. The molecule has 1 aromatic rings. The van der Waals surface area contributed by atoms with Gasteiger partial charge in [-0.1, -0.05) is 65.1 Å². The van der Waals surface area contributed by atoms with Crippen LogP contribution in [0.15, 0.2) is 30.3 Å². The fourth-order valence-corrected chi connectivity index (χ4v) is 4.13. The maximum atomic E-state index is 12.8. The van der Waals surface area contributed by atoms with Crippen LogP contribution in [-0.2, 0) is 15.3 Å². The molecule has 0 aromatic heterocycles. The smallest absolute Gasteiger partial charge is 0.471 e. The van der Waals surface area contributed by atoms with Crippen LogP contribution in [0.1, 0.15) is 12.0 Å². The maximum absolute atomic E-state index is 12.8. The number of carboxylic acid groups (broad SMARTS) is 1. The summed E-state index contributed by atoms with van der Waals surface area (Å²) in [4.78, 5) is 23.6. The quantitative estimate of drug-likeness (QED) is 0.618. The number of halogens is 6. The fourth-order valence-electron chi connectivity index (χ4n) is 2.18. The minimum atomic E-state index is -5.26. The number of rotatable bonds is 7. The summed E-state index contributed by atoms with van der Waals surface area (Å²) in [6.07, 6.45) is -6.06. The zero-order chi connectivity index (χ0) is 20.2. The number of carbonyl (C=O) groups excluding carboxylic acids is 1. The molecule has 0 aliphatic heterocycles. The van der Waals surface area contributed by atoms with Crippen molar-refractivity contribution >= 4 is 58.4 Å². The topological polar surface area (TPSA) is 57.6 Å². The Labute approximate surface area is 167 Å². The van der Waals surface area contributed by atoms with E-state index in [-0.39, 0.29) is 4.90 Å². The zero-order valence-corrected chi connectivity index (χ0v) is 16.5. The minimum absolute atomic E-state index is 0.0925. The van der Waals surface area contributed by atoms with E-state index in [4.69, 9.17) is 34.8 Å². The van der Waals surface area contributed by atoms with Crippen LogP contribution in [0.3, 0.4) is 0 Å². The first kappa shape index (κ1) is 23.2. The van der Waals surface area contributed by atoms with Crippen LogP contribution >= 0.6 is 46.6 Å². The molecule has 0 saturated carbocycles. The highest BCUT2D eigenvalue weighted by atomic mass is 35.6. The highest BCUT2D eigenvalue weighted by Crippen LogP contribution is 2.40. The summed E-state index contributed by atoms with van der Waals surface area (Å²) >= 11 is 18.0. The first-order chi connectivity index (χ1) is 11.8. The van der Waals surface area contributed by atoms with E-state index >= 15 is 0 Å². The van der Waals surface area contributed by atoms with E-state index in [1.54, 1.807) is 30.3 Å². The number of aliphatic carboxylic acids is 1. The van der Waals surface area contributed by atoms with Crippen LogP contribution < -0.4 is 0 Å². The predicted octanol–water partition coefficient (Wildman–Crippen LogP) is 4.52. The van der Waals surface area contributed by atoms with Gasteiger partial charge < -0.3 is 10.0 Å². The lowest BCUT2D eigenvalue weighted by Crippen LogP contribution is -2.61. The maximum Gasteiger partial charge on any atom is 0.471 e. The molecule has 11 heteroatoms. The van der Waals surface area contributed by atoms with Crippen molar-refractivity contribution in [2.75, 3.05) is 12.8 Å². The summed E-state index contributed by atoms with van der Waals surface area (Å²) in [5.41, 5.74) is -1.52. The van der Waals surface area contributed by atoms with Crippen LogP contribution in [0.25, 0.3) is 0 Å². The van der Waals surface area contributed by atoms with Gasteiger partial charge in [0.2, 0.25) is 0 Å². The molecule has 146 valence electrons. The van der Waals surface area contributed by atoms with Gasteiger partial charge in [0.1, 0.15) is 0 Å². The van der Waals surface area contributed by atoms with Gasteiger partial charge in [-0.25, -0.2) is 4.79 Å². The van der Waals surface area contributed by atoms with Gasteiger partial charge in [-0.15, -0.1) is 0 Å². The Hall–Kier alpha value is -0.830. The average molecular weight is 453 g/mol. The third kappa shape index (κ3) is 6.40. The van der Waals surface area contributed by atoms with E-state index in [1.165, 1.54) is 0 Å². The fraction of sp³-hybridized carbons (Fsp3) is 0.467. The second-order valence-electron chi connectivity index (χ2n) is 5.47. The van der Waals surface area contributed by atoms with Gasteiger partial charge in [0, 0.05) is 25.0 Å². The Morgan fingerprint density at radius 1 is 1.15 bits per heavy atom. The van der Waals surface area contributed by atoms with E-state index in [1.807, 2.05) is 0 Å². The highest BCUT2D eigenvalue weighted by molar-refractivity contribution is 7.98. The van der Waals surface area contributed by atoms with Crippen molar-refractivity contribution in [1.82, 2.24) is 4.90 Å². The minimum Gasteiger partial charge on any atom is -0.479 e. The molecule has 0 saturated heterocycles. The normalized spacial score (nSPS) is 14.6. The molecule has 1 aromatic carbocycles. The number of amides is 1. The van der Waals surface area contributed by atoms with Crippen molar-refractivity contribution < 1.29 is 27.9 Å². The molecule has 0 unspecified atom stereocenters. The number of thioether (sulfide) groups is 1. The standard InChI is InChI=1S/C15H15Cl3F3NO3S/c1-22(11(23)15(19,20)21)13(12(24)25,8-14(16,17)18)9-26-7-10-5-3-2-4-6-10/h2-6H,7-9H2,1H3,(H,24,25)/t13-/m0/s1. The number of benzene rings is 1. The molecular weight excluding hydrogens is 438 g/mol. The molecule has 0 fully saturated rings. The largest absolute Gasteiger partial charge is 0.479 e. The predicted molar refractivity (Wildman–Crippen MR) is 96.7 cm³/mol. The molecular formula is C15H15Cl3F3NO3S. The first-order valence-electron chi connectivity index (χ1n) is 7.06. The van der Waals surface area contributed by atoms with Gasteiger partial charge in [-0.3, -0.25) is 4.79 Å². The van der Waals surface area contributed by atoms with Crippen LogP contribution in [0.5, 0.6) is 0 Å². The molecule has 1 rings (SSSR count). The number of carbonyl (C=O) groups is 2. The SMILES string of the molecule is CN(C(=O)C(F)(F)F)[C@](CSCc1ccccc1)(CC(Cl)(Cl)Cl)C(=O)O. The summed E-state index contributed by atoms with van der Waals surface area (Å²) in [6.45, 7) is 0. The van der Waals surface area contributed by atoms with Crippen molar-refractivity contribution in [3.8, 4) is 0 Å². The summed E-state index contributed by atoms with van der Waals surface area (Å²) < 4.78 is 36.3. The summed E-state index contributed by atoms with van der Waals surface area (Å²) in [5, 5.41) is 9.62. The van der Waals surface area contributed by atoms with Crippen molar-refractivity contribution in [3.05, 3.63) is 35.9 Å². The number of alkyl halides is 6. The van der Waals surface area contributed by atoms with Gasteiger partial charge in [0.25, 0.3) is 0 Å². The van der Waals surface area contributed by atoms with E-state index in [0.717, 1.165) is 24.4 Å². The number of likely N-dealkylation sites (N-methyl/N-ethyl adjacent to an activating group) is 1. The first-order valence-corrected chi connectivity index (χ1v) is 9.35. The van der Waals surface area contributed by atoms with Gasteiger partial charge in [-0.05, 0) is 5.56 Å². The molecule has 0 aliphatic carbocycles. The Morgan fingerprint density at radius 3 is 2.12 bits per heavy atom. The zero-order valence-electron chi connectivity index (χ0n) is 13.4. The van der Waals surface area contributed by atoms with Gasteiger partial charge in [-0.2, -0.15) is 24.9 Å². The molecule has 0 bridgehead atoms. The van der Waals surface area contributed by atoms with Crippen LogP contribution in [0.2, 0.25) is 0 Å². The molecule has 1 amide bonds. The second-order valence-corrected chi connectivity index (χ2v) is 8.97. The Bertz CT molecular complexity index is 641. The van der Waals surface area contributed by atoms with Gasteiger partial charge >= 0.3 is 18.1 Å². The third-order valence-corrected chi connectivity index (χ3v) is 5.15. The Balaban J connectivity index is 3.13. The van der Waals surface area contributed by atoms with Gasteiger partial charge in [0.15, 0.2) is 9.33 Å². The Morgan fingerprint density at radius 2 is 1.69 bits per heavy atom. The highest BCUT2D eigenvalue weighted by Gasteiger charge is 2.54. The molecule has 1 atom stereocenters. The molecule has 0 spiro atoms. The van der Waals surface area contributed by atoms with Crippen molar-refractivity contribution in [2.24, 2.45) is 0 Å². The number of carboxylic acids is 1. The van der Waals surface area contributed by atoms with E-state index < -0.39 is 39.6 Å². The molecule has 26 heavy (non-hydrogen) atoms. The van der Waals surface area contributed by atoms with Crippen LogP contribution in [0.4, 0.5) is 13.2 Å². The van der Waals surface area contributed by atoms with Crippen LogP contribution in [-0.4, -0.2) is 50.2 Å². The summed E-state index contributed by atoms with van der Waals surface area (Å²) in [5.74, 6) is -4.10. The van der Waals surface area contributed by atoms with E-state index in [2.05, 4.69) is 0 Å². The van der Waals surface area contributed by atoms with Gasteiger partial charge in [0.05, 0.1) is 0 Å². The Kier molecular flexibility index (Phi) is 7.95. The monoisotopic (exact) mass is 451 g/mol. The lowest BCUT2D eigenvalue weighted by Gasteiger charge is -2.40. The van der Waals surface area contributed by atoms with Crippen molar-refractivity contribution in [2.45, 2.75) is 27.7 Å². The molecule has 0 heterocycles. The lowest BCUT2D eigenvalue weighted by molar-refractivity contribution is -0.192. The van der Waals surface area contributed by atoms with Crippen molar-refractivity contribution in [1.29, 1.82) is 0 Å². The number of hydrogen-bond acceptors (Lipinski definition) is 3. The summed E-state index contributed by atoms with van der Waals surface area (Å²) in [7, 11) is 0.740. The lowest BCUT2D eigenvalue weighted by atomic mass is 9.96. The molecule has 4 nitrogen and oxygen atoms in total. The van der Waals surface area contributed by atoms with E-state index in [0.29, 0.717) is 5.75 Å². The summed E-state index contributed by atoms with van der Waals surface area (Å²) in [6, 6.07) is 8.86. The van der Waals surface area contributed by atoms with Crippen LogP contribution in [0, 0.1) is 0 Å². The average Bonchev–Trinajstić information content (AvgIpc) is 2.51. The molecule has 1 N–H and O–H groups in total. The third-order valence-electron chi connectivity index (χ3n) is 3.53. The van der Waals surface area contributed by atoms with Crippen molar-refractivity contribution in [3.63, 3.8) is 0 Å². The molecule has 0 radical (unpaired) electrons. The number of hydrogen-bond donors (Lipinski definition) is 1. The second kappa shape index (κ2) is 8.91. The van der Waals surface area contributed by atoms with E-state index in [9.17, 15) is 27.9 Å².